The normalized spacial score (nSPS) is 11.5. The zero-order chi connectivity index (χ0) is 25.3. The molecule has 36 heavy (non-hydrogen) atoms. The number of benzene rings is 2. The minimum atomic E-state index is -3.98. The molecule has 0 aliphatic carbocycles. The molecule has 7 nitrogen and oxygen atoms in total. The van der Waals surface area contributed by atoms with Crippen molar-refractivity contribution in [2.75, 3.05) is 0 Å². The summed E-state index contributed by atoms with van der Waals surface area (Å²) in [7, 11) is -3.98. The van der Waals surface area contributed by atoms with Gasteiger partial charge in [0.25, 0.3) is 5.91 Å². The molecule has 0 fully saturated rings. The van der Waals surface area contributed by atoms with Crippen LogP contribution in [0.5, 0.6) is 0 Å². The van der Waals surface area contributed by atoms with Crippen molar-refractivity contribution in [3.05, 3.63) is 108 Å². The van der Waals surface area contributed by atoms with Crippen molar-refractivity contribution in [1.82, 2.24) is 15.3 Å². The summed E-state index contributed by atoms with van der Waals surface area (Å²) in [5.74, 6) is -2.33. The van der Waals surface area contributed by atoms with Crippen LogP contribution in [-0.2, 0) is 16.4 Å². The molecule has 1 N–H and O–H groups in total. The molecule has 180 valence electrons. The van der Waals surface area contributed by atoms with Crippen molar-refractivity contribution in [2.45, 2.75) is 16.5 Å². The molecule has 0 spiro atoms. The summed E-state index contributed by atoms with van der Waals surface area (Å²) in [4.78, 5) is 20.5. The van der Waals surface area contributed by atoms with Crippen LogP contribution in [0.2, 0.25) is 0 Å². The molecule has 0 radical (unpaired) electrons. The lowest BCUT2D eigenvalue weighted by molar-refractivity contribution is 0.0925. The molecule has 0 bridgehead atoms. The highest BCUT2D eigenvalue weighted by atomic mass is 32.2. The van der Waals surface area contributed by atoms with E-state index in [1.807, 2.05) is 0 Å². The first-order valence-corrected chi connectivity index (χ1v) is 12.2. The fraction of sp³-hybridized carbons (Fsp3) is 0.0385. The number of fused-ring (bicyclic) bond motifs is 1. The Morgan fingerprint density at radius 1 is 0.944 bits per heavy atom. The Kier molecular flexibility index (Phi) is 6.03. The Bertz CT molecular complexity index is 1670. The van der Waals surface area contributed by atoms with E-state index in [4.69, 9.17) is 4.42 Å². The molecule has 3 aromatic heterocycles. The van der Waals surface area contributed by atoms with Gasteiger partial charge in [-0.2, -0.15) is 0 Å². The number of rotatable bonds is 6. The van der Waals surface area contributed by atoms with E-state index < -0.39 is 27.4 Å². The van der Waals surface area contributed by atoms with Gasteiger partial charge in [0, 0.05) is 23.7 Å². The van der Waals surface area contributed by atoms with Crippen molar-refractivity contribution >= 4 is 26.7 Å². The lowest BCUT2D eigenvalue weighted by atomic mass is 10.1. The van der Waals surface area contributed by atoms with Gasteiger partial charge in [0.1, 0.15) is 0 Å². The first kappa shape index (κ1) is 23.3. The SMILES string of the molecule is O=C(NCc1ccc(S(=O)(=O)c2cccc(-c3ccc(F)c(F)c3)n2)cc1)c1cc2ccncc2o1. The van der Waals surface area contributed by atoms with E-state index in [-0.39, 0.29) is 33.5 Å². The highest BCUT2D eigenvalue weighted by Gasteiger charge is 2.20. The summed E-state index contributed by atoms with van der Waals surface area (Å²) in [5, 5.41) is 3.25. The fourth-order valence-electron chi connectivity index (χ4n) is 3.55. The van der Waals surface area contributed by atoms with Gasteiger partial charge in [0.15, 0.2) is 28.0 Å². The molecule has 0 saturated heterocycles. The zero-order valence-corrected chi connectivity index (χ0v) is 19.3. The number of amides is 1. The van der Waals surface area contributed by atoms with Gasteiger partial charge in [-0.25, -0.2) is 22.2 Å². The van der Waals surface area contributed by atoms with Crippen LogP contribution in [-0.4, -0.2) is 24.3 Å². The first-order valence-electron chi connectivity index (χ1n) is 10.7. The van der Waals surface area contributed by atoms with E-state index >= 15 is 0 Å². The van der Waals surface area contributed by atoms with Crippen LogP contribution in [0.15, 0.2) is 99.5 Å². The molecular formula is C26H17F2N3O4S. The van der Waals surface area contributed by atoms with E-state index in [0.717, 1.165) is 17.5 Å². The van der Waals surface area contributed by atoms with E-state index in [0.29, 0.717) is 11.1 Å². The van der Waals surface area contributed by atoms with Gasteiger partial charge in [-0.15, -0.1) is 0 Å². The molecule has 2 aromatic carbocycles. The Morgan fingerprint density at radius 3 is 2.50 bits per heavy atom. The predicted molar refractivity (Wildman–Crippen MR) is 127 cm³/mol. The average Bonchev–Trinajstić information content (AvgIpc) is 3.34. The molecular weight excluding hydrogens is 488 g/mol. The minimum Gasteiger partial charge on any atom is -0.449 e. The van der Waals surface area contributed by atoms with Crippen LogP contribution in [0.4, 0.5) is 8.78 Å². The third-order valence-electron chi connectivity index (χ3n) is 5.45. The summed E-state index contributed by atoms with van der Waals surface area (Å²) in [6.45, 7) is 0.151. The minimum absolute atomic E-state index is 0.00250. The average molecular weight is 506 g/mol. The maximum absolute atomic E-state index is 13.6. The van der Waals surface area contributed by atoms with E-state index in [2.05, 4.69) is 15.3 Å². The summed E-state index contributed by atoms with van der Waals surface area (Å²) in [5.41, 5.74) is 1.61. The van der Waals surface area contributed by atoms with Gasteiger partial charge < -0.3 is 9.73 Å². The van der Waals surface area contributed by atoms with Crippen LogP contribution >= 0.6 is 0 Å². The third kappa shape index (κ3) is 4.58. The van der Waals surface area contributed by atoms with Crippen molar-refractivity contribution in [3.63, 3.8) is 0 Å². The largest absolute Gasteiger partial charge is 0.449 e. The van der Waals surface area contributed by atoms with Crippen LogP contribution in [0.25, 0.3) is 22.2 Å². The molecule has 0 aliphatic rings. The van der Waals surface area contributed by atoms with Crippen LogP contribution in [0.1, 0.15) is 16.1 Å². The van der Waals surface area contributed by atoms with Crippen molar-refractivity contribution in [3.8, 4) is 11.3 Å². The summed E-state index contributed by atoms with van der Waals surface area (Å²) < 4.78 is 58.5. The van der Waals surface area contributed by atoms with Gasteiger partial charge >= 0.3 is 0 Å². The Labute approximate surface area is 204 Å². The number of hydrogen-bond donors (Lipinski definition) is 1. The van der Waals surface area contributed by atoms with Crippen molar-refractivity contribution < 1.29 is 26.4 Å². The summed E-state index contributed by atoms with van der Waals surface area (Å²) in [6.07, 6.45) is 3.12. The molecule has 10 heteroatoms. The standard InChI is InChI=1S/C26H17F2N3O4S/c27-20-9-6-17(12-21(20)28)22-2-1-3-25(31-22)36(33,34)19-7-4-16(5-8-19)14-30-26(32)23-13-18-10-11-29-15-24(18)35-23/h1-13,15H,14H2,(H,30,32). The molecule has 1 amide bonds. The van der Waals surface area contributed by atoms with Gasteiger partial charge in [-0.3, -0.25) is 9.78 Å². The number of nitrogens with zero attached hydrogens (tertiary/aromatic N) is 2. The number of aromatic nitrogens is 2. The summed E-state index contributed by atoms with van der Waals surface area (Å²) >= 11 is 0. The number of furan rings is 1. The topological polar surface area (TPSA) is 102 Å². The lowest BCUT2D eigenvalue weighted by Gasteiger charge is -2.08. The quantitative estimate of drug-likeness (QED) is 0.351. The Balaban J connectivity index is 1.31. The van der Waals surface area contributed by atoms with Gasteiger partial charge in [0.2, 0.25) is 9.84 Å². The molecule has 5 aromatic rings. The summed E-state index contributed by atoms with van der Waals surface area (Å²) in [6, 6.07) is 16.9. The molecule has 0 atom stereocenters. The van der Waals surface area contributed by atoms with Gasteiger partial charge in [-0.05, 0) is 60.2 Å². The van der Waals surface area contributed by atoms with Gasteiger partial charge in [-0.1, -0.05) is 18.2 Å². The number of halogens is 2. The first-order chi connectivity index (χ1) is 17.3. The van der Waals surface area contributed by atoms with E-state index in [1.165, 1.54) is 42.6 Å². The fourth-order valence-corrected chi connectivity index (χ4v) is 4.77. The van der Waals surface area contributed by atoms with Crippen molar-refractivity contribution in [1.29, 1.82) is 0 Å². The van der Waals surface area contributed by atoms with Crippen LogP contribution < -0.4 is 5.32 Å². The second kappa shape index (κ2) is 9.31. The highest BCUT2D eigenvalue weighted by molar-refractivity contribution is 7.91. The van der Waals surface area contributed by atoms with E-state index in [9.17, 15) is 22.0 Å². The number of pyridine rings is 2. The number of carbonyl (C=O) groups excluding carboxylic acids is 1. The Morgan fingerprint density at radius 2 is 1.75 bits per heavy atom. The maximum atomic E-state index is 13.6. The second-order valence-electron chi connectivity index (χ2n) is 7.84. The van der Waals surface area contributed by atoms with Crippen LogP contribution in [0, 0.1) is 11.6 Å². The molecule has 0 unspecified atom stereocenters. The monoisotopic (exact) mass is 505 g/mol. The highest BCUT2D eigenvalue weighted by Crippen LogP contribution is 2.25. The van der Waals surface area contributed by atoms with E-state index in [1.54, 1.807) is 30.5 Å². The maximum Gasteiger partial charge on any atom is 0.287 e. The lowest BCUT2D eigenvalue weighted by Crippen LogP contribution is -2.22. The predicted octanol–water partition coefficient (Wildman–Crippen LogP) is 4.93. The number of hydrogen-bond acceptors (Lipinski definition) is 6. The molecule has 0 saturated carbocycles. The number of nitrogens with one attached hydrogen (secondary N) is 1. The van der Waals surface area contributed by atoms with Crippen molar-refractivity contribution in [2.24, 2.45) is 0 Å². The number of sulfone groups is 1. The number of carbonyl (C=O) groups is 1. The second-order valence-corrected chi connectivity index (χ2v) is 9.74. The van der Waals surface area contributed by atoms with Gasteiger partial charge in [0.05, 0.1) is 16.8 Å². The molecule has 5 rings (SSSR count). The third-order valence-corrected chi connectivity index (χ3v) is 7.12. The zero-order valence-electron chi connectivity index (χ0n) is 18.5. The smallest absolute Gasteiger partial charge is 0.287 e. The Hall–Kier alpha value is -4.44. The molecule has 0 aliphatic heterocycles. The molecule has 3 heterocycles. The van der Waals surface area contributed by atoms with Crippen LogP contribution in [0.3, 0.4) is 0 Å².